The molecule has 81 heavy (non-hydrogen) atoms. The van der Waals surface area contributed by atoms with Crippen LogP contribution in [-0.2, 0) is 35.2 Å². The van der Waals surface area contributed by atoms with Gasteiger partial charge in [-0.15, -0.1) is 0 Å². The van der Waals surface area contributed by atoms with E-state index in [1.165, 1.54) is 89.0 Å². The summed E-state index contributed by atoms with van der Waals surface area (Å²) in [6.45, 7) is 16.8. The number of hydrogen-bond acceptors (Lipinski definition) is 6. The van der Waals surface area contributed by atoms with Crippen molar-refractivity contribution < 1.29 is 18.9 Å². The summed E-state index contributed by atoms with van der Waals surface area (Å²) >= 11 is 0. The number of fused-ring (bicyclic) bond motifs is 9. The lowest BCUT2D eigenvalue weighted by Crippen LogP contribution is -2.17. The van der Waals surface area contributed by atoms with E-state index in [2.05, 4.69) is 270 Å². The van der Waals surface area contributed by atoms with Gasteiger partial charge in [0.15, 0.2) is 12.6 Å². The van der Waals surface area contributed by atoms with Crippen LogP contribution in [0.15, 0.2) is 218 Å². The summed E-state index contributed by atoms with van der Waals surface area (Å²) in [4.78, 5) is 4.70. The Labute approximate surface area is 475 Å². The molecule has 0 radical (unpaired) electrons. The Morgan fingerprint density at radius 3 is 0.815 bits per heavy atom. The molecule has 15 rings (SSSR count). The summed E-state index contributed by atoms with van der Waals surface area (Å²) in [7, 11) is 0. The molecule has 2 aliphatic heterocycles. The molecular formula is C75H64N2O4. The van der Waals surface area contributed by atoms with Gasteiger partial charge in [0, 0.05) is 61.5 Å². The smallest absolute Gasteiger partial charge is 0.184 e. The molecule has 10 aromatic carbocycles. The van der Waals surface area contributed by atoms with Crippen LogP contribution in [0.2, 0.25) is 0 Å². The molecule has 0 saturated carbocycles. The first-order chi connectivity index (χ1) is 39.4. The third kappa shape index (κ3) is 8.06. The minimum absolute atomic E-state index is 0.200. The zero-order valence-corrected chi connectivity index (χ0v) is 46.8. The molecule has 2 saturated heterocycles. The SMILES string of the molecule is CC1(C)c2cc(-c3ccc4c(c3)C(C)(C)c3cc(N(c5ccccc5)c5ccc(C6OCCO6)cc5)ccc3-4)ccc2-c2ccc(-c3ccc4c(c3)C(C)(C)c3cc(N(c5ccccc5)c5ccc(C6OCCO6)cc5)ccc3-4)cc21. The highest BCUT2D eigenvalue weighted by molar-refractivity contribution is 5.91. The van der Waals surface area contributed by atoms with E-state index >= 15 is 0 Å². The van der Waals surface area contributed by atoms with E-state index in [1.807, 2.05) is 0 Å². The first-order valence-electron chi connectivity index (χ1n) is 28.7. The number of para-hydroxylation sites is 2. The van der Waals surface area contributed by atoms with Crippen molar-refractivity contribution in [1.82, 2.24) is 0 Å². The van der Waals surface area contributed by atoms with Crippen molar-refractivity contribution in [3.63, 3.8) is 0 Å². The van der Waals surface area contributed by atoms with E-state index in [0.717, 1.165) is 45.3 Å². The first-order valence-corrected chi connectivity index (χ1v) is 28.7. The highest BCUT2D eigenvalue weighted by atomic mass is 16.7. The molecule has 5 aliphatic rings. The fourth-order valence-corrected chi connectivity index (χ4v) is 13.9. The number of nitrogens with zero attached hydrogens (tertiary/aromatic N) is 2. The molecule has 398 valence electrons. The Morgan fingerprint density at radius 1 is 0.272 bits per heavy atom. The van der Waals surface area contributed by atoms with Crippen LogP contribution in [0.1, 0.15) is 98.6 Å². The van der Waals surface area contributed by atoms with Gasteiger partial charge in [-0.25, -0.2) is 0 Å². The van der Waals surface area contributed by atoms with Crippen LogP contribution >= 0.6 is 0 Å². The van der Waals surface area contributed by atoms with E-state index in [0.29, 0.717) is 26.4 Å². The summed E-state index contributed by atoms with van der Waals surface area (Å²) in [5, 5.41) is 0. The monoisotopic (exact) mass is 1060 g/mol. The van der Waals surface area contributed by atoms with Crippen molar-refractivity contribution in [3.8, 4) is 55.6 Å². The maximum atomic E-state index is 5.82. The lowest BCUT2D eigenvalue weighted by Gasteiger charge is -2.28. The first kappa shape index (κ1) is 49.7. The van der Waals surface area contributed by atoms with Gasteiger partial charge in [-0.1, -0.05) is 163 Å². The second kappa shape index (κ2) is 18.9. The molecule has 2 heterocycles. The van der Waals surface area contributed by atoms with Crippen molar-refractivity contribution in [2.24, 2.45) is 0 Å². The molecule has 6 nitrogen and oxygen atoms in total. The molecular weight excluding hydrogens is 993 g/mol. The van der Waals surface area contributed by atoms with Gasteiger partial charge in [0.1, 0.15) is 0 Å². The highest BCUT2D eigenvalue weighted by Gasteiger charge is 2.40. The Kier molecular flexibility index (Phi) is 11.6. The molecule has 0 N–H and O–H groups in total. The minimum atomic E-state index is -0.308. The second-order valence-electron chi connectivity index (χ2n) is 24.0. The van der Waals surface area contributed by atoms with E-state index < -0.39 is 0 Å². The molecule has 6 heteroatoms. The van der Waals surface area contributed by atoms with Gasteiger partial charge in [-0.3, -0.25) is 0 Å². The highest BCUT2D eigenvalue weighted by Crippen LogP contribution is 2.56. The molecule has 0 atom stereocenters. The van der Waals surface area contributed by atoms with Crippen LogP contribution in [-0.4, -0.2) is 26.4 Å². The van der Waals surface area contributed by atoms with E-state index in [1.54, 1.807) is 0 Å². The van der Waals surface area contributed by atoms with Crippen molar-refractivity contribution >= 4 is 34.1 Å². The summed E-state index contributed by atoms with van der Waals surface area (Å²) in [6, 6.07) is 81.2. The maximum absolute atomic E-state index is 5.82. The van der Waals surface area contributed by atoms with Crippen LogP contribution in [0.5, 0.6) is 0 Å². The fraction of sp³-hybridized carbons (Fsp3) is 0.200. The van der Waals surface area contributed by atoms with Crippen molar-refractivity contribution in [1.29, 1.82) is 0 Å². The van der Waals surface area contributed by atoms with Crippen molar-refractivity contribution in [2.45, 2.75) is 70.4 Å². The summed E-state index contributed by atoms with van der Waals surface area (Å²) in [6.07, 6.45) is -0.616. The molecule has 0 aromatic heterocycles. The summed E-state index contributed by atoms with van der Waals surface area (Å²) < 4.78 is 23.3. The van der Waals surface area contributed by atoms with Gasteiger partial charge in [-0.05, 0) is 186 Å². The van der Waals surface area contributed by atoms with Gasteiger partial charge in [0.25, 0.3) is 0 Å². The van der Waals surface area contributed by atoms with E-state index in [-0.39, 0.29) is 28.8 Å². The Balaban J connectivity index is 0.706. The van der Waals surface area contributed by atoms with Gasteiger partial charge >= 0.3 is 0 Å². The van der Waals surface area contributed by atoms with Gasteiger partial charge in [0.05, 0.1) is 26.4 Å². The molecule has 0 bridgehead atoms. The quantitative estimate of drug-likeness (QED) is 0.136. The number of hydrogen-bond donors (Lipinski definition) is 0. The molecule has 3 aliphatic carbocycles. The third-order valence-corrected chi connectivity index (χ3v) is 18.3. The minimum Gasteiger partial charge on any atom is -0.346 e. The predicted octanol–water partition coefficient (Wildman–Crippen LogP) is 19.0. The predicted molar refractivity (Wildman–Crippen MR) is 329 cm³/mol. The lowest BCUT2D eigenvalue weighted by molar-refractivity contribution is -0.0443. The molecule has 2 fully saturated rings. The van der Waals surface area contributed by atoms with E-state index in [9.17, 15) is 0 Å². The van der Waals surface area contributed by atoms with Crippen LogP contribution in [0.25, 0.3) is 55.6 Å². The van der Waals surface area contributed by atoms with E-state index in [4.69, 9.17) is 18.9 Å². The number of ether oxygens (including phenoxy) is 4. The number of benzene rings is 10. The molecule has 10 aromatic rings. The lowest BCUT2D eigenvalue weighted by atomic mass is 9.79. The standard InChI is InChI=1S/C75H64N2O4/c1-73(2)65-41-49(51-23-33-61-63-35-29-57(45-69(63)74(3,4)67(61)43-51)76(53-13-9-7-10-14-53)55-25-17-47(18-26-55)71-78-37-38-79-71)21-31-59(65)60-32-22-50(42-66(60)73)52-24-34-62-64-36-30-58(46-70(64)75(5,6)68(62)44-52)77(54-15-11-8-12-16-54)56-27-19-48(20-28-56)72-80-39-40-81-72/h7-36,41-46,71-72H,37-40H2,1-6H3. The molecule has 0 spiro atoms. The van der Waals surface area contributed by atoms with Gasteiger partial charge in [0.2, 0.25) is 0 Å². The maximum Gasteiger partial charge on any atom is 0.184 e. The topological polar surface area (TPSA) is 43.4 Å². The summed E-state index contributed by atoms with van der Waals surface area (Å²) in [5.74, 6) is 0. The Morgan fingerprint density at radius 2 is 0.519 bits per heavy atom. The largest absolute Gasteiger partial charge is 0.346 e. The van der Waals surface area contributed by atoms with Crippen LogP contribution in [0, 0.1) is 0 Å². The average Bonchev–Trinajstić information content (AvgIpc) is 4.36. The number of anilines is 6. The second-order valence-corrected chi connectivity index (χ2v) is 24.0. The zero-order valence-electron chi connectivity index (χ0n) is 46.8. The molecule has 0 unspecified atom stereocenters. The van der Waals surface area contributed by atoms with Gasteiger partial charge in [-0.2, -0.15) is 0 Å². The summed E-state index contributed by atoms with van der Waals surface area (Å²) in [5.41, 5.74) is 29.0. The van der Waals surface area contributed by atoms with Gasteiger partial charge < -0.3 is 28.7 Å². The fourth-order valence-electron chi connectivity index (χ4n) is 13.9. The van der Waals surface area contributed by atoms with Crippen LogP contribution < -0.4 is 9.80 Å². The normalized spacial score (nSPS) is 16.8. The Hall–Kier alpha value is -8.36. The van der Waals surface area contributed by atoms with Crippen molar-refractivity contribution in [3.05, 3.63) is 263 Å². The average molecular weight is 1060 g/mol. The van der Waals surface area contributed by atoms with Crippen LogP contribution in [0.3, 0.4) is 0 Å². The van der Waals surface area contributed by atoms with Crippen LogP contribution in [0.4, 0.5) is 34.1 Å². The third-order valence-electron chi connectivity index (χ3n) is 18.3. The zero-order chi connectivity index (χ0) is 54.8. The number of rotatable bonds is 10. The molecule has 0 amide bonds. The van der Waals surface area contributed by atoms with Crippen molar-refractivity contribution in [2.75, 3.05) is 36.2 Å². The Bertz CT molecular complexity index is 3830.